The van der Waals surface area contributed by atoms with Crippen LogP contribution in [0.15, 0.2) is 0 Å². The molecule has 0 rings (SSSR count). The van der Waals surface area contributed by atoms with E-state index in [9.17, 15) is 0 Å². The molecule has 13 N–H and O–H groups in total. The molecule has 21 nitrogen and oxygen atoms in total. The Hall–Kier alpha value is 1.00. The first-order valence-corrected chi connectivity index (χ1v) is 28.6. The van der Waals surface area contributed by atoms with Gasteiger partial charge in [-0.3, -0.25) is 0 Å². The predicted octanol–water partition coefficient (Wildman–Crippen LogP) is -6.61. The van der Waals surface area contributed by atoms with Crippen molar-refractivity contribution in [2.75, 3.05) is 0 Å². The third-order valence-electron chi connectivity index (χ3n) is 0. The average molecular weight is 1270 g/mol. The summed E-state index contributed by atoms with van der Waals surface area (Å²) in [6.45, 7) is 0. The van der Waals surface area contributed by atoms with Gasteiger partial charge in [-0.25, -0.2) is 0 Å². The van der Waals surface area contributed by atoms with E-state index in [4.69, 9.17) is 71.6 Å². The minimum absolute atomic E-state index is 0. The van der Waals surface area contributed by atoms with E-state index >= 15 is 0 Å². The van der Waals surface area contributed by atoms with Gasteiger partial charge in [-0.2, -0.15) is 0 Å². The van der Waals surface area contributed by atoms with Gasteiger partial charge >= 0.3 is 155 Å². The van der Waals surface area contributed by atoms with Gasteiger partial charge in [0.15, 0.2) is 0 Å². The zero-order chi connectivity index (χ0) is 22.5. The van der Waals surface area contributed by atoms with E-state index in [0.29, 0.717) is 0 Å². The van der Waals surface area contributed by atoms with Crippen molar-refractivity contribution in [2.24, 2.45) is 0 Å². The van der Waals surface area contributed by atoms with Gasteiger partial charge < -0.3 is 6.15 Å². The number of hydrogen-bond acceptors (Lipinski definition) is 11. The summed E-state index contributed by atoms with van der Waals surface area (Å²) in [5.74, 6) is 0. The topological polar surface area (TPSA) is 408 Å². The van der Waals surface area contributed by atoms with Gasteiger partial charge in [0.1, 0.15) is 0 Å². The summed E-state index contributed by atoms with van der Waals surface area (Å²) in [4.78, 5) is 0. The van der Waals surface area contributed by atoms with Crippen molar-refractivity contribution in [3.05, 3.63) is 0 Å². The first kappa shape index (κ1) is 41.4. The van der Waals surface area contributed by atoms with E-state index in [0.717, 1.165) is 0 Å². The van der Waals surface area contributed by atoms with Crippen LogP contribution in [0.2, 0.25) is 0 Å². The maximum atomic E-state index is 8.87. The maximum absolute atomic E-state index is 8.87. The molecule has 0 heterocycles. The summed E-state index contributed by atoms with van der Waals surface area (Å²) in [7, 11) is 0. The van der Waals surface area contributed by atoms with Crippen LogP contribution in [0.5, 0.6) is 0 Å². The van der Waals surface area contributed by atoms with Gasteiger partial charge in [-0.05, 0) is 0 Å². The van der Waals surface area contributed by atoms with Gasteiger partial charge in [0.05, 0.1) is 0 Å². The molecule has 0 aliphatic rings. The number of rotatable bonds is 0. The van der Waals surface area contributed by atoms with Crippen LogP contribution in [0.3, 0.4) is 0 Å². The van der Waals surface area contributed by atoms with Crippen molar-refractivity contribution in [3.8, 4) is 0 Å². The van der Waals surface area contributed by atoms with Gasteiger partial charge in [-0.15, -0.1) is 0 Å². The molecule has 0 saturated heterocycles. The van der Waals surface area contributed by atoms with Crippen LogP contribution < -0.4 is 6.15 Å². The van der Waals surface area contributed by atoms with Crippen molar-refractivity contribution in [3.63, 3.8) is 0 Å². The third-order valence-corrected chi connectivity index (χ3v) is 0. The Bertz CT molecular complexity index is 614. The standard InChI is InChI=1S/H3N.10H2O.10O.5W/h1H3;10*1H2;;;;;;;;;;;;;;;/q;;;;;;;;;;;;;;;;;;;;;5*+2/p-10. The molecular formula is H13NO20W5. The third kappa shape index (κ3) is 14400. The summed E-state index contributed by atoms with van der Waals surface area (Å²) in [6, 6.07) is 0. The van der Waals surface area contributed by atoms with Gasteiger partial charge in [0, 0.05) is 0 Å². The Morgan fingerprint density at radius 3 is 0.269 bits per heavy atom. The predicted molar refractivity (Wildman–Crippen MR) is 34.1 cm³/mol. The van der Waals surface area contributed by atoms with Crippen LogP contribution in [0.25, 0.3) is 0 Å². The van der Waals surface area contributed by atoms with E-state index in [1.54, 1.807) is 0 Å². The Morgan fingerprint density at radius 1 is 0.269 bits per heavy atom. The summed E-state index contributed by atoms with van der Waals surface area (Å²) in [5, 5.41) is 0. The van der Waals surface area contributed by atoms with Crippen molar-refractivity contribution in [1.82, 2.24) is 6.15 Å². The van der Waals surface area contributed by atoms with Crippen molar-refractivity contribution in [2.45, 2.75) is 0 Å². The summed E-state index contributed by atoms with van der Waals surface area (Å²) in [6.07, 6.45) is 0. The second kappa shape index (κ2) is 16.9. The summed E-state index contributed by atoms with van der Waals surface area (Å²) < 4.78 is 160. The van der Waals surface area contributed by atoms with Crippen molar-refractivity contribution >= 4 is 0 Å². The molecule has 168 valence electrons. The fourth-order valence-corrected chi connectivity index (χ4v) is 0. The van der Waals surface area contributed by atoms with Crippen LogP contribution in [-0.2, 0) is 118 Å². The zero-order valence-electron chi connectivity index (χ0n) is 11.3. The SMILES string of the molecule is N.[O]=[W](=[O])([OH])[OH].[O]=[W](=[O])([OH])[OH].[O]=[W](=[O])([OH])[OH].[O]=[W](=[O])([OH])[OH].[O]=[W](=[O])([OH])[OH]. The quantitative estimate of drug-likeness (QED) is 0.107. The molecule has 0 bridgehead atoms. The zero-order valence-corrected chi connectivity index (χ0v) is 26.0. The van der Waals surface area contributed by atoms with E-state index < -0.39 is 83.7 Å². The molecule has 0 spiro atoms. The van der Waals surface area contributed by atoms with Crippen LogP contribution in [0, 0.1) is 0 Å². The van der Waals surface area contributed by atoms with Crippen molar-refractivity contribution < 1.29 is 155 Å². The Morgan fingerprint density at radius 2 is 0.269 bits per heavy atom. The van der Waals surface area contributed by atoms with E-state index in [1.165, 1.54) is 0 Å². The molecule has 0 atom stereocenters. The monoisotopic (exact) mass is 1270 g/mol. The Kier molecular flexibility index (Phi) is 26.9. The molecule has 0 saturated carbocycles. The van der Waals surface area contributed by atoms with E-state index in [-0.39, 0.29) is 6.15 Å². The van der Waals surface area contributed by atoms with E-state index in [2.05, 4.69) is 0 Å². The minimum atomic E-state index is -5.67. The van der Waals surface area contributed by atoms with Crippen LogP contribution in [0.1, 0.15) is 0 Å². The molecule has 0 radical (unpaired) electrons. The van der Waals surface area contributed by atoms with Gasteiger partial charge in [-0.1, -0.05) is 0 Å². The molecule has 0 aromatic heterocycles. The van der Waals surface area contributed by atoms with Gasteiger partial charge in [0.25, 0.3) is 0 Å². The summed E-state index contributed by atoms with van der Waals surface area (Å²) in [5.41, 5.74) is 0. The Labute approximate surface area is 160 Å². The van der Waals surface area contributed by atoms with E-state index in [1.807, 2.05) is 0 Å². The Balaban J connectivity index is -0.0000000476. The molecule has 26 heteroatoms. The second-order valence-electron chi connectivity index (χ2n) is 2.24. The van der Waals surface area contributed by atoms with Crippen LogP contribution >= 0.6 is 0 Å². The van der Waals surface area contributed by atoms with Crippen molar-refractivity contribution in [1.29, 1.82) is 0 Å². The van der Waals surface area contributed by atoms with Crippen LogP contribution in [-0.4, -0.2) is 37.6 Å². The molecule has 0 amide bonds. The molecular weight excluding hydrogens is 1250 g/mol. The van der Waals surface area contributed by atoms with Crippen LogP contribution in [0.4, 0.5) is 0 Å². The molecule has 0 aromatic rings. The number of hydrogen-bond donors (Lipinski definition) is 11. The fraction of sp³-hybridized carbons (Fsp3) is 0. The summed E-state index contributed by atoms with van der Waals surface area (Å²) >= 11 is -28.3. The molecule has 0 unspecified atom stereocenters. The molecule has 0 aliphatic heterocycles. The molecule has 0 aromatic carbocycles. The second-order valence-corrected chi connectivity index (χ2v) is 18.3. The average Bonchev–Trinajstić information content (AvgIpc) is 1.79. The normalized spacial score (nSPS) is 11.2. The van der Waals surface area contributed by atoms with Gasteiger partial charge in [0.2, 0.25) is 0 Å². The first-order valence-electron chi connectivity index (χ1n) is 3.49. The molecule has 26 heavy (non-hydrogen) atoms. The molecule has 0 aliphatic carbocycles. The fourth-order valence-electron chi connectivity index (χ4n) is 0. The first-order chi connectivity index (χ1) is 10.0. The molecule has 0 fully saturated rings.